The number of thioether (sulfide) groups is 1. The lowest BCUT2D eigenvalue weighted by molar-refractivity contribution is -0.127. The fourth-order valence-electron chi connectivity index (χ4n) is 2.83. The fraction of sp³-hybridized carbons (Fsp3) is 0.917. The summed E-state index contributed by atoms with van der Waals surface area (Å²) in [5.74, 6) is 0.305. The predicted octanol–water partition coefficient (Wildman–Crippen LogP) is 3.05. The van der Waals surface area contributed by atoms with Crippen LogP contribution in [0.3, 0.4) is 0 Å². The highest BCUT2D eigenvalue weighted by Gasteiger charge is 2.38. The van der Waals surface area contributed by atoms with Gasteiger partial charge in [0, 0.05) is 17.8 Å². The molecule has 1 saturated heterocycles. The van der Waals surface area contributed by atoms with Crippen LogP contribution in [0.4, 0.5) is 0 Å². The van der Waals surface area contributed by atoms with Crippen molar-refractivity contribution in [2.24, 2.45) is 0 Å². The molecule has 4 heteroatoms. The molecular formula is C12H20BrNOS. The van der Waals surface area contributed by atoms with E-state index in [1.807, 2.05) is 11.8 Å². The van der Waals surface area contributed by atoms with Gasteiger partial charge in [-0.05, 0) is 25.5 Å². The van der Waals surface area contributed by atoms with Crippen LogP contribution in [0.2, 0.25) is 0 Å². The van der Waals surface area contributed by atoms with E-state index in [2.05, 4.69) is 27.1 Å². The first-order valence-electron chi connectivity index (χ1n) is 6.15. The first kappa shape index (κ1) is 12.7. The number of hydrogen-bond acceptors (Lipinski definition) is 2. The minimum Gasteiger partial charge on any atom is -0.340 e. The van der Waals surface area contributed by atoms with Crippen molar-refractivity contribution < 1.29 is 4.79 Å². The molecular weight excluding hydrogens is 286 g/mol. The van der Waals surface area contributed by atoms with E-state index in [9.17, 15) is 4.79 Å². The van der Waals surface area contributed by atoms with Gasteiger partial charge in [-0.2, -0.15) is 11.8 Å². The molecule has 16 heavy (non-hydrogen) atoms. The minimum atomic E-state index is 0.0787. The fourth-order valence-corrected chi connectivity index (χ4v) is 4.30. The van der Waals surface area contributed by atoms with Crippen LogP contribution in [0, 0.1) is 0 Å². The number of carbonyl (C=O) groups is 1. The zero-order valence-corrected chi connectivity index (χ0v) is 12.3. The van der Waals surface area contributed by atoms with E-state index in [0.29, 0.717) is 10.7 Å². The second-order valence-electron chi connectivity index (χ2n) is 4.96. The number of nitrogens with zero attached hydrogens (tertiary/aromatic N) is 1. The van der Waals surface area contributed by atoms with Gasteiger partial charge in [-0.3, -0.25) is 4.79 Å². The van der Waals surface area contributed by atoms with E-state index >= 15 is 0 Å². The second-order valence-corrected chi connectivity index (χ2v) is 7.34. The number of rotatable bonds is 3. The Morgan fingerprint density at radius 3 is 2.62 bits per heavy atom. The first-order chi connectivity index (χ1) is 7.67. The molecule has 1 saturated carbocycles. The molecule has 0 aromatic rings. The maximum absolute atomic E-state index is 11.9. The molecule has 2 rings (SSSR count). The Morgan fingerprint density at radius 2 is 2.12 bits per heavy atom. The van der Waals surface area contributed by atoms with Crippen LogP contribution in [-0.2, 0) is 4.79 Å². The third kappa shape index (κ3) is 2.58. The van der Waals surface area contributed by atoms with Crippen molar-refractivity contribution in [1.82, 2.24) is 4.90 Å². The molecule has 1 unspecified atom stereocenters. The summed E-state index contributed by atoms with van der Waals surface area (Å²) in [5, 5.41) is 0. The third-order valence-corrected chi connectivity index (χ3v) is 6.16. The highest BCUT2D eigenvalue weighted by Crippen LogP contribution is 2.40. The van der Waals surface area contributed by atoms with Crippen LogP contribution < -0.4 is 0 Å². The molecule has 0 aromatic heterocycles. The molecule has 1 amide bonds. The molecule has 0 spiro atoms. The molecule has 2 fully saturated rings. The average molecular weight is 306 g/mol. The topological polar surface area (TPSA) is 20.3 Å². The Morgan fingerprint density at radius 1 is 1.44 bits per heavy atom. The lowest BCUT2D eigenvalue weighted by Gasteiger charge is -2.38. The summed E-state index contributed by atoms with van der Waals surface area (Å²) >= 11 is 5.42. The largest absolute Gasteiger partial charge is 0.340 e. The number of likely N-dealkylation sites (tertiary alicyclic amines) is 1. The van der Waals surface area contributed by atoms with Crippen LogP contribution in [0.15, 0.2) is 0 Å². The monoisotopic (exact) mass is 305 g/mol. The normalized spacial score (nSPS) is 29.8. The lowest BCUT2D eigenvalue weighted by Crippen LogP contribution is -2.43. The SMILES string of the molecule is CSC1(CN2CCC(Br)C2=O)CCCCC1. The summed E-state index contributed by atoms with van der Waals surface area (Å²) in [6, 6.07) is 0. The third-order valence-electron chi connectivity index (χ3n) is 3.91. The van der Waals surface area contributed by atoms with E-state index in [0.717, 1.165) is 19.5 Å². The molecule has 1 atom stereocenters. The van der Waals surface area contributed by atoms with Gasteiger partial charge in [-0.15, -0.1) is 0 Å². The van der Waals surface area contributed by atoms with Crippen molar-refractivity contribution in [2.45, 2.75) is 48.1 Å². The number of halogens is 1. The molecule has 0 radical (unpaired) electrons. The van der Waals surface area contributed by atoms with E-state index in [-0.39, 0.29) is 4.83 Å². The van der Waals surface area contributed by atoms with Crippen molar-refractivity contribution in [1.29, 1.82) is 0 Å². The smallest absolute Gasteiger partial charge is 0.236 e. The Kier molecular flexibility index (Phi) is 4.22. The van der Waals surface area contributed by atoms with Gasteiger partial charge < -0.3 is 4.90 Å². The van der Waals surface area contributed by atoms with E-state index in [1.165, 1.54) is 32.1 Å². The van der Waals surface area contributed by atoms with Gasteiger partial charge in [-0.1, -0.05) is 35.2 Å². The van der Waals surface area contributed by atoms with Crippen LogP contribution in [0.25, 0.3) is 0 Å². The zero-order valence-electron chi connectivity index (χ0n) is 9.88. The highest BCUT2D eigenvalue weighted by atomic mass is 79.9. The number of carbonyl (C=O) groups excluding carboxylic acids is 1. The minimum absolute atomic E-state index is 0.0787. The highest BCUT2D eigenvalue weighted by molar-refractivity contribution is 9.10. The van der Waals surface area contributed by atoms with Crippen LogP contribution in [-0.4, -0.2) is 39.7 Å². The molecule has 0 bridgehead atoms. The summed E-state index contributed by atoms with van der Waals surface area (Å²) < 4.78 is 0.352. The van der Waals surface area contributed by atoms with Crippen molar-refractivity contribution >= 4 is 33.6 Å². The number of hydrogen-bond donors (Lipinski definition) is 0. The van der Waals surface area contributed by atoms with Crippen LogP contribution >= 0.6 is 27.7 Å². The molecule has 1 aliphatic heterocycles. The Hall–Kier alpha value is 0.300. The number of amides is 1. The van der Waals surface area contributed by atoms with Gasteiger partial charge >= 0.3 is 0 Å². The summed E-state index contributed by atoms with van der Waals surface area (Å²) in [6.07, 6.45) is 9.79. The molecule has 92 valence electrons. The van der Waals surface area contributed by atoms with Gasteiger partial charge in [0.25, 0.3) is 0 Å². The molecule has 0 aromatic carbocycles. The maximum Gasteiger partial charge on any atom is 0.236 e. The molecule has 1 aliphatic carbocycles. The lowest BCUT2D eigenvalue weighted by atomic mass is 9.88. The first-order valence-corrected chi connectivity index (χ1v) is 8.29. The standard InChI is InChI=1S/C12H20BrNOS/c1-16-12(6-3-2-4-7-12)9-14-8-5-10(13)11(14)15/h10H,2-9H2,1H3. The Bertz CT molecular complexity index is 266. The summed E-state index contributed by atoms with van der Waals surface area (Å²) in [7, 11) is 0. The molecule has 2 nitrogen and oxygen atoms in total. The van der Waals surface area contributed by atoms with Crippen LogP contribution in [0.5, 0.6) is 0 Å². The Balaban J connectivity index is 1.98. The van der Waals surface area contributed by atoms with Gasteiger partial charge in [0.15, 0.2) is 0 Å². The van der Waals surface area contributed by atoms with E-state index in [1.54, 1.807) is 0 Å². The van der Waals surface area contributed by atoms with Crippen LogP contribution in [0.1, 0.15) is 38.5 Å². The van der Waals surface area contributed by atoms with E-state index in [4.69, 9.17) is 0 Å². The van der Waals surface area contributed by atoms with Gasteiger partial charge in [0.2, 0.25) is 5.91 Å². The molecule has 1 heterocycles. The van der Waals surface area contributed by atoms with Gasteiger partial charge in [-0.25, -0.2) is 0 Å². The average Bonchev–Trinajstić information content (AvgIpc) is 2.62. The maximum atomic E-state index is 11.9. The Labute approximate surface area is 111 Å². The zero-order chi connectivity index (χ0) is 11.6. The van der Waals surface area contributed by atoms with Crippen molar-refractivity contribution in [3.8, 4) is 0 Å². The van der Waals surface area contributed by atoms with Crippen molar-refractivity contribution in [3.63, 3.8) is 0 Å². The number of alkyl halides is 1. The summed E-state index contributed by atoms with van der Waals surface area (Å²) in [4.78, 5) is 14.1. The predicted molar refractivity (Wildman–Crippen MR) is 73.2 cm³/mol. The van der Waals surface area contributed by atoms with Gasteiger partial charge in [0.05, 0.1) is 4.83 Å². The molecule has 0 N–H and O–H groups in total. The quantitative estimate of drug-likeness (QED) is 0.747. The second kappa shape index (κ2) is 5.30. The molecule has 2 aliphatic rings. The van der Waals surface area contributed by atoms with Crippen molar-refractivity contribution in [2.75, 3.05) is 19.3 Å². The van der Waals surface area contributed by atoms with Crippen molar-refractivity contribution in [3.05, 3.63) is 0 Å². The summed E-state index contributed by atoms with van der Waals surface area (Å²) in [5.41, 5.74) is 0. The van der Waals surface area contributed by atoms with E-state index < -0.39 is 0 Å². The van der Waals surface area contributed by atoms with Gasteiger partial charge in [0.1, 0.15) is 0 Å². The summed E-state index contributed by atoms with van der Waals surface area (Å²) in [6.45, 7) is 1.91.